The smallest absolute Gasteiger partial charge is 0.148 e. The number of nitrogen functional groups attached to an aromatic ring is 1. The molecule has 2 heterocycles. The van der Waals surface area contributed by atoms with E-state index in [1.165, 1.54) is 32.4 Å². The van der Waals surface area contributed by atoms with Gasteiger partial charge in [0.2, 0.25) is 0 Å². The van der Waals surface area contributed by atoms with Gasteiger partial charge in [-0.3, -0.25) is 4.90 Å². The Balaban J connectivity index is 1.98. The summed E-state index contributed by atoms with van der Waals surface area (Å²) in [5.74, 6) is 7.17. The maximum atomic E-state index is 5.55. The number of aromatic nitrogens is 2. The van der Waals surface area contributed by atoms with E-state index in [9.17, 15) is 0 Å². The van der Waals surface area contributed by atoms with E-state index < -0.39 is 0 Å². The SMILES string of the molecule is CCCc1c(NN)ncnc1NCC(C)N1CCCCC1. The normalized spacial score (nSPS) is 17.5. The molecule has 0 radical (unpaired) electrons. The summed E-state index contributed by atoms with van der Waals surface area (Å²) in [6, 6.07) is 0.518. The molecule has 118 valence electrons. The molecule has 1 aromatic rings. The number of likely N-dealkylation sites (tertiary alicyclic amines) is 1. The van der Waals surface area contributed by atoms with Gasteiger partial charge in [-0.2, -0.15) is 0 Å². The number of rotatable bonds is 7. The van der Waals surface area contributed by atoms with Crippen LogP contribution in [0.15, 0.2) is 6.33 Å². The van der Waals surface area contributed by atoms with Crippen LogP contribution in [0.4, 0.5) is 11.6 Å². The van der Waals surface area contributed by atoms with Crippen molar-refractivity contribution in [3.05, 3.63) is 11.9 Å². The fourth-order valence-corrected chi connectivity index (χ4v) is 2.91. The zero-order valence-electron chi connectivity index (χ0n) is 13.2. The molecular weight excluding hydrogens is 264 g/mol. The zero-order chi connectivity index (χ0) is 15.1. The third-order valence-electron chi connectivity index (χ3n) is 4.16. The highest BCUT2D eigenvalue weighted by Gasteiger charge is 2.17. The molecule has 1 aliphatic rings. The molecule has 0 aliphatic carbocycles. The Kier molecular flexibility index (Phi) is 6.20. The summed E-state index contributed by atoms with van der Waals surface area (Å²) in [6.07, 6.45) is 7.52. The minimum absolute atomic E-state index is 0.518. The van der Waals surface area contributed by atoms with Crippen LogP contribution in [0.25, 0.3) is 0 Å². The van der Waals surface area contributed by atoms with Gasteiger partial charge in [-0.1, -0.05) is 19.8 Å². The van der Waals surface area contributed by atoms with Gasteiger partial charge in [0, 0.05) is 18.2 Å². The first-order chi connectivity index (χ1) is 10.3. The molecule has 6 nitrogen and oxygen atoms in total. The van der Waals surface area contributed by atoms with Crippen LogP contribution in [0.1, 0.15) is 45.1 Å². The minimum Gasteiger partial charge on any atom is -0.368 e. The monoisotopic (exact) mass is 292 g/mol. The van der Waals surface area contributed by atoms with Crippen LogP contribution in [0, 0.1) is 0 Å². The molecule has 0 bridgehead atoms. The van der Waals surface area contributed by atoms with Crippen molar-refractivity contribution in [3.63, 3.8) is 0 Å². The molecule has 0 saturated carbocycles. The van der Waals surface area contributed by atoms with Crippen LogP contribution < -0.4 is 16.6 Å². The molecule has 0 spiro atoms. The van der Waals surface area contributed by atoms with Crippen LogP contribution in [0.3, 0.4) is 0 Å². The number of anilines is 2. The summed E-state index contributed by atoms with van der Waals surface area (Å²) in [6.45, 7) is 7.75. The third kappa shape index (κ3) is 4.28. The Morgan fingerprint density at radius 1 is 1.24 bits per heavy atom. The van der Waals surface area contributed by atoms with Crippen molar-refractivity contribution in [3.8, 4) is 0 Å². The van der Waals surface area contributed by atoms with Gasteiger partial charge in [-0.05, 0) is 39.3 Å². The molecule has 1 aliphatic heterocycles. The van der Waals surface area contributed by atoms with Gasteiger partial charge in [0.05, 0.1) is 0 Å². The second kappa shape index (κ2) is 8.14. The Bertz CT molecular complexity index is 430. The molecule has 1 saturated heterocycles. The maximum absolute atomic E-state index is 5.55. The minimum atomic E-state index is 0.518. The van der Waals surface area contributed by atoms with Crippen LogP contribution in [0.2, 0.25) is 0 Å². The fourth-order valence-electron chi connectivity index (χ4n) is 2.91. The van der Waals surface area contributed by atoms with E-state index in [2.05, 4.69) is 39.5 Å². The van der Waals surface area contributed by atoms with E-state index in [1.54, 1.807) is 6.33 Å². The number of hydrazine groups is 1. The fraction of sp³-hybridized carbons (Fsp3) is 0.733. The molecule has 1 fully saturated rings. The summed E-state index contributed by atoms with van der Waals surface area (Å²) in [5, 5.41) is 3.48. The summed E-state index contributed by atoms with van der Waals surface area (Å²) in [4.78, 5) is 11.1. The van der Waals surface area contributed by atoms with Crippen molar-refractivity contribution in [1.82, 2.24) is 14.9 Å². The summed E-state index contributed by atoms with van der Waals surface area (Å²) in [7, 11) is 0. The number of nitrogens with one attached hydrogen (secondary N) is 2. The van der Waals surface area contributed by atoms with Crippen LogP contribution in [-0.4, -0.2) is 40.5 Å². The number of nitrogens with two attached hydrogens (primary N) is 1. The van der Waals surface area contributed by atoms with Gasteiger partial charge < -0.3 is 10.7 Å². The Morgan fingerprint density at radius 3 is 2.62 bits per heavy atom. The van der Waals surface area contributed by atoms with E-state index in [0.29, 0.717) is 6.04 Å². The average Bonchev–Trinajstić information content (AvgIpc) is 2.54. The second-order valence-corrected chi connectivity index (χ2v) is 5.77. The van der Waals surface area contributed by atoms with E-state index in [-0.39, 0.29) is 0 Å². The summed E-state index contributed by atoms with van der Waals surface area (Å²) < 4.78 is 0. The van der Waals surface area contributed by atoms with Crippen molar-refractivity contribution < 1.29 is 0 Å². The lowest BCUT2D eigenvalue weighted by Crippen LogP contribution is -2.41. The van der Waals surface area contributed by atoms with Gasteiger partial charge in [0.1, 0.15) is 18.0 Å². The first-order valence-electron chi connectivity index (χ1n) is 8.04. The molecule has 0 aromatic carbocycles. The predicted octanol–water partition coefficient (Wildman–Crippen LogP) is 2.00. The molecular formula is C15H28N6. The topological polar surface area (TPSA) is 79.1 Å². The van der Waals surface area contributed by atoms with Crippen molar-refractivity contribution in [2.24, 2.45) is 5.84 Å². The lowest BCUT2D eigenvalue weighted by atomic mass is 10.1. The van der Waals surface area contributed by atoms with E-state index in [0.717, 1.165) is 36.6 Å². The zero-order valence-corrected chi connectivity index (χ0v) is 13.2. The van der Waals surface area contributed by atoms with Gasteiger partial charge in [-0.25, -0.2) is 15.8 Å². The van der Waals surface area contributed by atoms with Crippen molar-refractivity contribution in [1.29, 1.82) is 0 Å². The first-order valence-corrected chi connectivity index (χ1v) is 8.04. The molecule has 1 unspecified atom stereocenters. The van der Waals surface area contributed by atoms with Gasteiger partial charge in [-0.15, -0.1) is 0 Å². The predicted molar refractivity (Wildman–Crippen MR) is 87.2 cm³/mol. The van der Waals surface area contributed by atoms with Crippen LogP contribution >= 0.6 is 0 Å². The Morgan fingerprint density at radius 2 is 1.95 bits per heavy atom. The highest BCUT2D eigenvalue weighted by Crippen LogP contribution is 2.21. The second-order valence-electron chi connectivity index (χ2n) is 5.77. The van der Waals surface area contributed by atoms with Crippen LogP contribution in [0.5, 0.6) is 0 Å². The number of hydrogen-bond donors (Lipinski definition) is 3. The van der Waals surface area contributed by atoms with Crippen molar-refractivity contribution >= 4 is 11.6 Å². The largest absolute Gasteiger partial charge is 0.368 e. The molecule has 6 heteroatoms. The average molecular weight is 292 g/mol. The summed E-state index contributed by atoms with van der Waals surface area (Å²) in [5.41, 5.74) is 3.75. The Labute approximate surface area is 127 Å². The number of hydrogen-bond acceptors (Lipinski definition) is 6. The molecule has 4 N–H and O–H groups in total. The van der Waals surface area contributed by atoms with Crippen LogP contribution in [-0.2, 0) is 6.42 Å². The first kappa shape index (κ1) is 16.0. The number of nitrogens with zero attached hydrogens (tertiary/aromatic N) is 3. The number of piperidine rings is 1. The van der Waals surface area contributed by atoms with E-state index in [1.807, 2.05) is 0 Å². The quantitative estimate of drug-likeness (QED) is 0.527. The molecule has 1 aromatic heterocycles. The van der Waals surface area contributed by atoms with Crippen molar-refractivity contribution in [2.75, 3.05) is 30.4 Å². The molecule has 21 heavy (non-hydrogen) atoms. The van der Waals surface area contributed by atoms with Gasteiger partial charge >= 0.3 is 0 Å². The van der Waals surface area contributed by atoms with Crippen molar-refractivity contribution in [2.45, 2.75) is 52.0 Å². The third-order valence-corrected chi connectivity index (χ3v) is 4.16. The van der Waals surface area contributed by atoms with E-state index in [4.69, 9.17) is 5.84 Å². The van der Waals surface area contributed by atoms with Gasteiger partial charge in [0.25, 0.3) is 0 Å². The molecule has 2 rings (SSSR count). The molecule has 1 atom stereocenters. The van der Waals surface area contributed by atoms with E-state index >= 15 is 0 Å². The lowest BCUT2D eigenvalue weighted by Gasteiger charge is -2.32. The van der Waals surface area contributed by atoms with Gasteiger partial charge in [0.15, 0.2) is 0 Å². The maximum Gasteiger partial charge on any atom is 0.148 e. The Hall–Kier alpha value is -1.40. The lowest BCUT2D eigenvalue weighted by molar-refractivity contribution is 0.180. The highest BCUT2D eigenvalue weighted by atomic mass is 15.3. The standard InChI is InChI=1S/C15H28N6/c1-3-7-13-14(18-11-19-15(13)20-16)17-10-12(2)21-8-5-4-6-9-21/h11-12H,3-10,16H2,1-2H3,(H2,17,18,19,20). The summed E-state index contributed by atoms with van der Waals surface area (Å²) >= 11 is 0. The molecule has 0 amide bonds. The highest BCUT2D eigenvalue weighted by molar-refractivity contribution is 5.56.